The van der Waals surface area contributed by atoms with Gasteiger partial charge in [0.25, 0.3) is 0 Å². The molecule has 39 heavy (non-hydrogen) atoms. The number of hydrogen-bond donors (Lipinski definition) is 3. The van der Waals surface area contributed by atoms with Crippen LogP contribution < -0.4 is 5.32 Å². The van der Waals surface area contributed by atoms with E-state index in [4.69, 9.17) is 4.98 Å². The monoisotopic (exact) mass is 521 g/mol. The largest absolute Gasteiger partial charge is 0.465 e. The number of carboxylic acid groups (broad SMARTS) is 1. The third-order valence-electron chi connectivity index (χ3n) is 8.68. The quantitative estimate of drug-likeness (QED) is 0.331. The van der Waals surface area contributed by atoms with Crippen molar-refractivity contribution in [2.75, 3.05) is 31.5 Å². The molecule has 0 spiro atoms. The molecular weight excluding hydrogens is 490 g/mol. The van der Waals surface area contributed by atoms with E-state index in [0.29, 0.717) is 30.6 Å². The minimum Gasteiger partial charge on any atom is -0.465 e. The van der Waals surface area contributed by atoms with Crippen molar-refractivity contribution in [1.82, 2.24) is 30.0 Å². The van der Waals surface area contributed by atoms with Crippen LogP contribution in [0.25, 0.3) is 22.5 Å². The molecule has 1 amide bonds. The number of fused-ring (bicyclic) bond motifs is 4. The van der Waals surface area contributed by atoms with E-state index in [0.717, 1.165) is 53.4 Å². The topological polar surface area (TPSA) is 110 Å². The lowest BCUT2D eigenvalue weighted by Gasteiger charge is -2.51. The van der Waals surface area contributed by atoms with Gasteiger partial charge < -0.3 is 20.2 Å². The van der Waals surface area contributed by atoms with Crippen molar-refractivity contribution in [2.45, 2.75) is 25.3 Å². The van der Waals surface area contributed by atoms with Crippen molar-refractivity contribution in [3.63, 3.8) is 0 Å². The Morgan fingerprint density at radius 1 is 1.00 bits per heavy atom. The zero-order chi connectivity index (χ0) is 26.3. The van der Waals surface area contributed by atoms with E-state index in [2.05, 4.69) is 43.6 Å². The molecule has 9 heteroatoms. The first kappa shape index (κ1) is 23.8. The minimum absolute atomic E-state index is 0.0904. The van der Waals surface area contributed by atoms with E-state index in [1.807, 2.05) is 36.5 Å². The number of carbonyl (C=O) groups is 1. The minimum atomic E-state index is -0.814. The lowest BCUT2D eigenvalue weighted by atomic mass is 9.71. The fraction of sp³-hybridized carbons (Fsp3) is 0.333. The van der Waals surface area contributed by atoms with Gasteiger partial charge in [-0.25, -0.2) is 14.8 Å². The molecule has 9 nitrogen and oxygen atoms in total. The molecule has 0 saturated carbocycles. The van der Waals surface area contributed by atoms with E-state index in [9.17, 15) is 9.90 Å². The number of benzene rings is 2. The average molecular weight is 522 g/mol. The molecule has 0 aliphatic carbocycles. The first-order chi connectivity index (χ1) is 19.1. The first-order valence-electron chi connectivity index (χ1n) is 13.7. The fourth-order valence-electron chi connectivity index (χ4n) is 6.71. The van der Waals surface area contributed by atoms with Gasteiger partial charge in [0, 0.05) is 42.3 Å². The number of anilines is 2. The van der Waals surface area contributed by atoms with Gasteiger partial charge in [-0.2, -0.15) is 5.10 Å². The van der Waals surface area contributed by atoms with Gasteiger partial charge >= 0.3 is 6.09 Å². The summed E-state index contributed by atoms with van der Waals surface area (Å²) in [6.45, 7) is 3.79. The van der Waals surface area contributed by atoms with E-state index in [1.54, 1.807) is 17.3 Å². The molecule has 198 valence electrons. The second kappa shape index (κ2) is 9.81. The Labute approximate surface area is 226 Å². The summed E-state index contributed by atoms with van der Waals surface area (Å²) in [5, 5.41) is 20.3. The summed E-state index contributed by atoms with van der Waals surface area (Å²) in [5.41, 5.74) is 6.38. The smallest absolute Gasteiger partial charge is 0.407 e. The van der Waals surface area contributed by atoms with E-state index in [1.165, 1.54) is 18.4 Å². The molecule has 3 fully saturated rings. The van der Waals surface area contributed by atoms with Crippen molar-refractivity contribution in [3.8, 4) is 22.5 Å². The second-order valence-corrected chi connectivity index (χ2v) is 10.8. The summed E-state index contributed by atoms with van der Waals surface area (Å²) in [6, 6.07) is 16.2. The molecule has 0 radical (unpaired) electrons. The van der Waals surface area contributed by atoms with Gasteiger partial charge in [0.15, 0.2) is 5.82 Å². The van der Waals surface area contributed by atoms with Crippen LogP contribution in [0.3, 0.4) is 0 Å². The Morgan fingerprint density at radius 2 is 1.82 bits per heavy atom. The van der Waals surface area contributed by atoms with Crippen LogP contribution in [0.15, 0.2) is 67.1 Å². The molecule has 2 bridgehead atoms. The highest BCUT2D eigenvalue weighted by molar-refractivity contribution is 5.69. The predicted octanol–water partition coefficient (Wildman–Crippen LogP) is 5.20. The SMILES string of the molecule is O=C(O)N1CCc2cc(-c3nccc(Nc4ccc(-c5cn[nH]c5)cc4)n3)ccc2[C@@H]1C1CN2CCC1CC2. The molecule has 1 unspecified atom stereocenters. The number of aromatic amines is 1. The van der Waals surface area contributed by atoms with E-state index in [-0.39, 0.29) is 6.04 Å². The Bertz CT molecular complexity index is 1480. The van der Waals surface area contributed by atoms with Gasteiger partial charge in [-0.15, -0.1) is 0 Å². The first-order valence-corrected chi connectivity index (χ1v) is 13.7. The number of aromatic nitrogens is 4. The van der Waals surface area contributed by atoms with Crippen molar-refractivity contribution in [2.24, 2.45) is 11.8 Å². The molecule has 3 saturated heterocycles. The molecule has 6 heterocycles. The third-order valence-corrected chi connectivity index (χ3v) is 8.68. The molecule has 2 aromatic heterocycles. The normalized spacial score (nSPS) is 23.8. The average Bonchev–Trinajstić information content (AvgIpc) is 3.52. The van der Waals surface area contributed by atoms with Crippen LogP contribution in [0.5, 0.6) is 0 Å². The van der Waals surface area contributed by atoms with Gasteiger partial charge in [0.2, 0.25) is 0 Å². The van der Waals surface area contributed by atoms with Crippen LogP contribution in [-0.4, -0.2) is 67.3 Å². The van der Waals surface area contributed by atoms with Gasteiger partial charge in [-0.05, 0) is 85.1 Å². The van der Waals surface area contributed by atoms with Crippen LogP contribution >= 0.6 is 0 Å². The predicted molar refractivity (Wildman–Crippen MR) is 149 cm³/mol. The highest BCUT2D eigenvalue weighted by Gasteiger charge is 2.44. The summed E-state index contributed by atoms with van der Waals surface area (Å²) in [4.78, 5) is 25.8. The second-order valence-electron chi connectivity index (χ2n) is 10.8. The fourth-order valence-corrected chi connectivity index (χ4v) is 6.71. The Kier molecular flexibility index (Phi) is 6.00. The van der Waals surface area contributed by atoms with Crippen molar-refractivity contribution in [3.05, 3.63) is 78.2 Å². The molecule has 2 atom stereocenters. The van der Waals surface area contributed by atoms with Gasteiger partial charge in [0.1, 0.15) is 5.82 Å². The molecule has 4 aliphatic heterocycles. The lowest BCUT2D eigenvalue weighted by Crippen LogP contribution is -2.54. The maximum Gasteiger partial charge on any atom is 0.407 e. The standard InChI is InChI=1S/C30H31N7O2/c38-30(39)37-14-10-21-15-22(3-6-25(21)28(37)26-18-36-12-8-20(26)9-13-36)29-31-11-7-27(35-29)34-24-4-1-19(2-5-24)23-16-32-33-17-23/h1-7,11,15-17,20,26,28H,8-10,12-14,18H2,(H,32,33)(H,38,39)(H,31,34,35)/t26?,28-/m1/s1. The van der Waals surface area contributed by atoms with Gasteiger partial charge in [0.05, 0.1) is 12.2 Å². The lowest BCUT2D eigenvalue weighted by molar-refractivity contribution is -0.00511. The van der Waals surface area contributed by atoms with Gasteiger partial charge in [-0.3, -0.25) is 5.10 Å². The summed E-state index contributed by atoms with van der Waals surface area (Å²) >= 11 is 0. The Morgan fingerprint density at radius 3 is 2.54 bits per heavy atom. The Balaban J connectivity index is 1.14. The van der Waals surface area contributed by atoms with Gasteiger partial charge in [-0.1, -0.05) is 24.3 Å². The number of amides is 1. The molecule has 8 rings (SSSR count). The highest BCUT2D eigenvalue weighted by atomic mass is 16.4. The number of nitrogens with one attached hydrogen (secondary N) is 2. The molecular formula is C30H31N7O2. The van der Waals surface area contributed by atoms with Crippen molar-refractivity contribution < 1.29 is 9.90 Å². The Hall–Kier alpha value is -4.24. The summed E-state index contributed by atoms with van der Waals surface area (Å²) in [6.07, 6.45) is 7.67. The van der Waals surface area contributed by atoms with Crippen LogP contribution in [0, 0.1) is 11.8 Å². The molecule has 2 aromatic carbocycles. The maximum absolute atomic E-state index is 12.3. The van der Waals surface area contributed by atoms with Crippen molar-refractivity contribution >= 4 is 17.6 Å². The van der Waals surface area contributed by atoms with Crippen LogP contribution in [0.4, 0.5) is 16.3 Å². The number of nitrogens with zero attached hydrogens (tertiary/aromatic N) is 5. The zero-order valence-corrected chi connectivity index (χ0v) is 21.6. The maximum atomic E-state index is 12.3. The van der Waals surface area contributed by atoms with Crippen LogP contribution in [0.1, 0.15) is 30.0 Å². The summed E-state index contributed by atoms with van der Waals surface area (Å²) in [7, 11) is 0. The van der Waals surface area contributed by atoms with Crippen molar-refractivity contribution in [1.29, 1.82) is 0 Å². The number of piperidine rings is 3. The van der Waals surface area contributed by atoms with Crippen LogP contribution in [-0.2, 0) is 6.42 Å². The van der Waals surface area contributed by atoms with E-state index >= 15 is 0 Å². The number of hydrogen-bond acceptors (Lipinski definition) is 6. The zero-order valence-electron chi connectivity index (χ0n) is 21.6. The molecule has 4 aromatic rings. The molecule has 3 N–H and O–H groups in total. The number of H-pyrrole nitrogens is 1. The highest BCUT2D eigenvalue weighted by Crippen LogP contribution is 2.45. The molecule has 4 aliphatic rings. The third kappa shape index (κ3) is 4.52. The number of rotatable bonds is 5. The van der Waals surface area contributed by atoms with E-state index < -0.39 is 6.09 Å². The van der Waals surface area contributed by atoms with Crippen LogP contribution in [0.2, 0.25) is 0 Å². The summed E-state index contributed by atoms with van der Waals surface area (Å²) < 4.78 is 0. The summed E-state index contributed by atoms with van der Waals surface area (Å²) in [5.74, 6) is 2.30.